The van der Waals surface area contributed by atoms with E-state index < -0.39 is 4.92 Å². The molecule has 0 atom stereocenters. The van der Waals surface area contributed by atoms with Crippen molar-refractivity contribution in [3.63, 3.8) is 0 Å². The molecule has 0 saturated carbocycles. The smallest absolute Gasteiger partial charge is 0.270 e. The van der Waals surface area contributed by atoms with Gasteiger partial charge in [0.15, 0.2) is 0 Å². The van der Waals surface area contributed by atoms with Gasteiger partial charge in [-0.05, 0) is 30.7 Å². The first-order valence-corrected chi connectivity index (χ1v) is 7.17. The van der Waals surface area contributed by atoms with E-state index in [0.29, 0.717) is 5.82 Å². The largest absolute Gasteiger partial charge is 0.507 e. The molecule has 0 aliphatic carbocycles. The van der Waals surface area contributed by atoms with Crippen molar-refractivity contribution in [1.29, 1.82) is 0 Å². The molecule has 3 rings (SSSR count). The number of aryl methyl sites for hydroxylation is 1. The van der Waals surface area contributed by atoms with Crippen LogP contribution in [0, 0.1) is 17.0 Å². The Hall–Kier alpha value is -3.19. The number of nitrogens with one attached hydrogen (secondary N) is 1. The third kappa shape index (κ3) is 4.02. The standard InChI is InChI=1S/C17H14N4O3.ClH/c1-11-8-17(19-15-5-3-2-4-14(11)15)20-18-10-12-9-13(21(23)24)6-7-16(12)22;/h2-10,22H,1H3,(H,19,20);1H/b18-10-;. The molecular formula is C17H15ClN4O3. The molecule has 25 heavy (non-hydrogen) atoms. The summed E-state index contributed by atoms with van der Waals surface area (Å²) in [6, 6.07) is 13.4. The van der Waals surface area contributed by atoms with Crippen molar-refractivity contribution in [2.45, 2.75) is 6.92 Å². The molecule has 0 radical (unpaired) electrons. The Balaban J connectivity index is 0.00000225. The number of halogens is 1. The number of nitro groups is 1. The van der Waals surface area contributed by atoms with Crippen LogP contribution in [0.1, 0.15) is 11.1 Å². The molecule has 0 unspecified atom stereocenters. The number of anilines is 1. The summed E-state index contributed by atoms with van der Waals surface area (Å²) in [6.07, 6.45) is 1.31. The van der Waals surface area contributed by atoms with E-state index in [1.807, 2.05) is 37.3 Å². The van der Waals surface area contributed by atoms with Gasteiger partial charge in [0, 0.05) is 23.1 Å². The van der Waals surface area contributed by atoms with Gasteiger partial charge in [0.05, 0.1) is 16.7 Å². The van der Waals surface area contributed by atoms with Crippen molar-refractivity contribution in [3.05, 3.63) is 69.8 Å². The number of phenolic OH excluding ortho intramolecular Hbond substituents is 1. The van der Waals surface area contributed by atoms with Crippen LogP contribution >= 0.6 is 12.4 Å². The zero-order valence-corrected chi connectivity index (χ0v) is 14.0. The maximum atomic E-state index is 10.8. The fourth-order valence-electron chi connectivity index (χ4n) is 2.33. The minimum atomic E-state index is -0.529. The lowest BCUT2D eigenvalue weighted by molar-refractivity contribution is -0.384. The van der Waals surface area contributed by atoms with E-state index in [4.69, 9.17) is 0 Å². The first-order chi connectivity index (χ1) is 11.5. The van der Waals surface area contributed by atoms with Crippen LogP contribution in [0.2, 0.25) is 0 Å². The number of pyridine rings is 1. The maximum Gasteiger partial charge on any atom is 0.270 e. The molecule has 0 aliphatic heterocycles. The quantitative estimate of drug-likeness (QED) is 0.416. The van der Waals surface area contributed by atoms with Crippen LogP contribution in [0.3, 0.4) is 0 Å². The van der Waals surface area contributed by atoms with E-state index in [1.165, 1.54) is 24.4 Å². The highest BCUT2D eigenvalue weighted by molar-refractivity contribution is 5.86. The number of aromatic hydroxyl groups is 1. The Morgan fingerprint density at radius 1 is 1.24 bits per heavy atom. The lowest BCUT2D eigenvalue weighted by atomic mass is 10.1. The fraction of sp³-hybridized carbons (Fsp3) is 0.0588. The summed E-state index contributed by atoms with van der Waals surface area (Å²) in [5, 5.41) is 25.6. The Bertz CT molecular complexity index is 960. The highest BCUT2D eigenvalue weighted by atomic mass is 35.5. The molecule has 2 aromatic carbocycles. The van der Waals surface area contributed by atoms with Crippen molar-refractivity contribution < 1.29 is 10.0 Å². The minimum absolute atomic E-state index is 0. The van der Waals surface area contributed by atoms with Crippen LogP contribution in [0.5, 0.6) is 5.75 Å². The van der Waals surface area contributed by atoms with E-state index in [1.54, 1.807) is 0 Å². The van der Waals surface area contributed by atoms with Gasteiger partial charge in [0.25, 0.3) is 5.69 Å². The summed E-state index contributed by atoms with van der Waals surface area (Å²) in [5.41, 5.74) is 4.80. The Kier molecular flexibility index (Phi) is 5.51. The number of aromatic nitrogens is 1. The third-order valence-electron chi connectivity index (χ3n) is 3.53. The molecule has 0 aliphatic rings. The summed E-state index contributed by atoms with van der Waals surface area (Å²) < 4.78 is 0. The number of phenols is 1. The second-order valence-electron chi connectivity index (χ2n) is 5.21. The number of para-hydroxylation sites is 1. The number of nitro benzene ring substituents is 1. The molecule has 7 nitrogen and oxygen atoms in total. The number of benzene rings is 2. The molecule has 1 heterocycles. The molecular weight excluding hydrogens is 344 g/mol. The van der Waals surface area contributed by atoms with Gasteiger partial charge in [-0.3, -0.25) is 15.5 Å². The van der Waals surface area contributed by atoms with Crippen molar-refractivity contribution in [2.24, 2.45) is 5.10 Å². The first-order valence-electron chi connectivity index (χ1n) is 7.17. The molecule has 1 aromatic heterocycles. The lowest BCUT2D eigenvalue weighted by Crippen LogP contribution is -1.96. The average Bonchev–Trinajstić information content (AvgIpc) is 2.56. The first kappa shape index (κ1) is 18.2. The number of non-ortho nitro benzene ring substituents is 1. The number of nitrogens with zero attached hydrogens (tertiary/aromatic N) is 3. The predicted molar refractivity (Wildman–Crippen MR) is 99.7 cm³/mol. The van der Waals surface area contributed by atoms with E-state index in [0.717, 1.165) is 16.5 Å². The molecule has 0 saturated heterocycles. The normalized spacial score (nSPS) is 10.6. The third-order valence-corrected chi connectivity index (χ3v) is 3.53. The Labute approximate surface area is 149 Å². The van der Waals surface area contributed by atoms with E-state index in [9.17, 15) is 15.2 Å². The minimum Gasteiger partial charge on any atom is -0.507 e. The van der Waals surface area contributed by atoms with Gasteiger partial charge in [0.1, 0.15) is 11.6 Å². The SMILES string of the molecule is Cc1cc(N/N=C\c2cc([N+](=O)[O-])ccc2O)nc2ccccc12.Cl. The number of hydrogen-bond acceptors (Lipinski definition) is 6. The van der Waals surface area contributed by atoms with E-state index >= 15 is 0 Å². The second-order valence-corrected chi connectivity index (χ2v) is 5.21. The molecule has 0 amide bonds. The zero-order valence-electron chi connectivity index (χ0n) is 13.2. The van der Waals surface area contributed by atoms with E-state index in [-0.39, 0.29) is 29.4 Å². The molecule has 2 N–H and O–H groups in total. The summed E-state index contributed by atoms with van der Waals surface area (Å²) in [7, 11) is 0. The Morgan fingerprint density at radius 2 is 2.00 bits per heavy atom. The van der Waals surface area contributed by atoms with Crippen molar-refractivity contribution in [2.75, 3.05) is 5.43 Å². The second kappa shape index (κ2) is 7.59. The summed E-state index contributed by atoms with van der Waals surface area (Å²) in [6.45, 7) is 1.98. The van der Waals surface area contributed by atoms with Crippen molar-refractivity contribution in [1.82, 2.24) is 4.98 Å². The van der Waals surface area contributed by atoms with Crippen LogP contribution in [-0.4, -0.2) is 21.2 Å². The van der Waals surface area contributed by atoms with Gasteiger partial charge >= 0.3 is 0 Å². The van der Waals surface area contributed by atoms with Crippen LogP contribution in [0.4, 0.5) is 11.5 Å². The summed E-state index contributed by atoms with van der Waals surface area (Å²) in [4.78, 5) is 14.7. The molecule has 0 bridgehead atoms. The number of hydrogen-bond donors (Lipinski definition) is 2. The number of rotatable bonds is 4. The van der Waals surface area contributed by atoms with Crippen molar-refractivity contribution >= 4 is 41.0 Å². The van der Waals surface area contributed by atoms with Crippen molar-refractivity contribution in [3.8, 4) is 5.75 Å². The molecule has 0 spiro atoms. The Morgan fingerprint density at radius 3 is 2.76 bits per heavy atom. The monoisotopic (exact) mass is 358 g/mol. The van der Waals surface area contributed by atoms with Gasteiger partial charge in [-0.25, -0.2) is 4.98 Å². The summed E-state index contributed by atoms with van der Waals surface area (Å²) >= 11 is 0. The van der Waals surface area contributed by atoms with Crippen LogP contribution in [0.15, 0.2) is 53.6 Å². The molecule has 3 aromatic rings. The highest BCUT2D eigenvalue weighted by Crippen LogP contribution is 2.22. The maximum absolute atomic E-state index is 10.8. The average molecular weight is 359 g/mol. The van der Waals surface area contributed by atoms with Crippen LogP contribution in [-0.2, 0) is 0 Å². The number of hydrazone groups is 1. The molecule has 128 valence electrons. The van der Waals surface area contributed by atoms with E-state index in [2.05, 4.69) is 15.5 Å². The predicted octanol–water partition coefficient (Wildman–Crippen LogP) is 4.02. The molecule has 0 fully saturated rings. The number of fused-ring (bicyclic) bond motifs is 1. The lowest BCUT2D eigenvalue weighted by Gasteiger charge is -2.05. The van der Waals surface area contributed by atoms with Gasteiger partial charge in [-0.15, -0.1) is 12.4 Å². The van der Waals surface area contributed by atoms with Crippen LogP contribution in [0.25, 0.3) is 10.9 Å². The van der Waals surface area contributed by atoms with Gasteiger partial charge in [-0.2, -0.15) is 5.10 Å². The van der Waals surface area contributed by atoms with Gasteiger partial charge in [0.2, 0.25) is 0 Å². The topological polar surface area (TPSA) is 101 Å². The van der Waals surface area contributed by atoms with Gasteiger partial charge < -0.3 is 5.11 Å². The highest BCUT2D eigenvalue weighted by Gasteiger charge is 2.08. The summed E-state index contributed by atoms with van der Waals surface area (Å²) in [5.74, 6) is 0.459. The fourth-order valence-corrected chi connectivity index (χ4v) is 2.33. The van der Waals surface area contributed by atoms with Crippen LogP contribution < -0.4 is 5.43 Å². The zero-order chi connectivity index (χ0) is 17.1. The van der Waals surface area contributed by atoms with Gasteiger partial charge in [-0.1, -0.05) is 18.2 Å². The molecule has 8 heteroatoms.